The number of carbonyl (C=O) groups excluding carboxylic acids is 2. The van der Waals surface area contributed by atoms with Gasteiger partial charge in [0, 0.05) is 42.8 Å². The van der Waals surface area contributed by atoms with E-state index in [0.29, 0.717) is 30.0 Å². The Kier molecular flexibility index (Phi) is 9.05. The van der Waals surface area contributed by atoms with Crippen molar-refractivity contribution in [2.75, 3.05) is 33.8 Å². The number of nitrogens with zero attached hydrogens (tertiary/aromatic N) is 3. The van der Waals surface area contributed by atoms with Gasteiger partial charge in [-0.1, -0.05) is 18.2 Å². The maximum atomic E-state index is 14.2. The van der Waals surface area contributed by atoms with Crippen molar-refractivity contribution in [3.05, 3.63) is 65.5 Å². The third-order valence-corrected chi connectivity index (χ3v) is 6.37. The zero-order valence-electron chi connectivity index (χ0n) is 20.7. The number of hydrogen-bond acceptors (Lipinski definition) is 4. The average molecular weight is 470 g/mol. The van der Waals surface area contributed by atoms with Gasteiger partial charge in [0.2, 0.25) is 0 Å². The van der Waals surface area contributed by atoms with Crippen molar-refractivity contribution in [2.24, 2.45) is 0 Å². The number of amides is 2. The minimum absolute atomic E-state index is 0.0143. The predicted molar refractivity (Wildman–Crippen MR) is 131 cm³/mol. The summed E-state index contributed by atoms with van der Waals surface area (Å²) in [5.74, 6) is 0.0235. The van der Waals surface area contributed by atoms with Crippen LogP contribution in [0, 0.1) is 5.82 Å². The monoisotopic (exact) mass is 469 g/mol. The van der Waals surface area contributed by atoms with Crippen LogP contribution in [0.3, 0.4) is 0 Å². The van der Waals surface area contributed by atoms with E-state index in [1.165, 1.54) is 6.07 Å². The van der Waals surface area contributed by atoms with Crippen LogP contribution >= 0.6 is 0 Å². The van der Waals surface area contributed by atoms with Gasteiger partial charge in [0.1, 0.15) is 11.6 Å². The van der Waals surface area contributed by atoms with Gasteiger partial charge >= 0.3 is 0 Å². The Morgan fingerprint density at radius 2 is 1.65 bits per heavy atom. The third kappa shape index (κ3) is 6.79. The Balaban J connectivity index is 1.64. The van der Waals surface area contributed by atoms with Crippen LogP contribution in [0.4, 0.5) is 4.39 Å². The zero-order chi connectivity index (χ0) is 24.7. The molecule has 2 unspecified atom stereocenters. The molecule has 1 heterocycles. The topological polar surface area (TPSA) is 53.1 Å². The summed E-state index contributed by atoms with van der Waals surface area (Å²) in [6.07, 6.45) is 3.18. The van der Waals surface area contributed by atoms with Gasteiger partial charge in [-0.2, -0.15) is 0 Å². The molecule has 7 heteroatoms. The summed E-state index contributed by atoms with van der Waals surface area (Å²) in [6, 6.07) is 13.8. The fourth-order valence-corrected chi connectivity index (χ4v) is 4.41. The molecule has 6 nitrogen and oxygen atoms in total. The lowest BCUT2D eigenvalue weighted by molar-refractivity contribution is -0.139. The molecule has 1 aliphatic rings. The molecule has 0 aromatic heterocycles. The van der Waals surface area contributed by atoms with E-state index in [-0.39, 0.29) is 42.9 Å². The van der Waals surface area contributed by atoms with Crippen LogP contribution in [0.25, 0.3) is 0 Å². The molecule has 1 aliphatic heterocycles. The van der Waals surface area contributed by atoms with Gasteiger partial charge in [0.15, 0.2) is 6.61 Å². The number of rotatable bonds is 9. The molecule has 3 rings (SSSR count). The molecule has 1 saturated heterocycles. The molecule has 0 N–H and O–H groups in total. The highest BCUT2D eigenvalue weighted by molar-refractivity contribution is 5.94. The van der Waals surface area contributed by atoms with Gasteiger partial charge in [0.25, 0.3) is 11.8 Å². The van der Waals surface area contributed by atoms with E-state index in [1.807, 2.05) is 23.9 Å². The first-order chi connectivity index (χ1) is 16.3. The van der Waals surface area contributed by atoms with Gasteiger partial charge in [-0.05, 0) is 77.5 Å². The summed E-state index contributed by atoms with van der Waals surface area (Å²) < 4.78 is 19.9. The fraction of sp³-hybridized carbons (Fsp3) is 0.481. The number of ether oxygens (including phenoxy) is 1. The summed E-state index contributed by atoms with van der Waals surface area (Å²) in [6.45, 7) is 5.47. The standard InChI is InChI=1S/C27H36FN3O3/c1-20-8-7-9-21(2)31(20)26(32)19-34-24-14-12-22(13-15-24)27(33)30(17-16-29(3)4)18-23-10-5-6-11-25(23)28/h5-6,10-15,20-21H,7-9,16-19H2,1-4H3. The van der Waals surface area contributed by atoms with E-state index in [1.54, 1.807) is 47.4 Å². The first kappa shape index (κ1) is 25.7. The van der Waals surface area contributed by atoms with E-state index in [9.17, 15) is 14.0 Å². The maximum Gasteiger partial charge on any atom is 0.260 e. The van der Waals surface area contributed by atoms with Crippen molar-refractivity contribution in [1.82, 2.24) is 14.7 Å². The van der Waals surface area contributed by atoms with Crippen LogP contribution in [-0.2, 0) is 11.3 Å². The summed E-state index contributed by atoms with van der Waals surface area (Å²) in [7, 11) is 3.87. The summed E-state index contributed by atoms with van der Waals surface area (Å²) in [5, 5.41) is 0. The summed E-state index contributed by atoms with van der Waals surface area (Å²) >= 11 is 0. The highest BCUT2D eigenvalue weighted by atomic mass is 19.1. The SMILES string of the molecule is CC1CCCC(C)N1C(=O)COc1ccc(C(=O)N(CCN(C)C)Cc2ccccc2F)cc1. The molecular formula is C27H36FN3O3. The predicted octanol–water partition coefficient (Wildman–Crippen LogP) is 4.20. The molecule has 2 amide bonds. The molecule has 2 aromatic carbocycles. The van der Waals surface area contributed by atoms with E-state index >= 15 is 0 Å². The minimum atomic E-state index is -0.323. The second-order valence-electron chi connectivity index (χ2n) is 9.36. The Morgan fingerprint density at radius 1 is 1.00 bits per heavy atom. The molecule has 2 aromatic rings. The van der Waals surface area contributed by atoms with Crippen LogP contribution in [0.1, 0.15) is 49.0 Å². The number of piperidine rings is 1. The van der Waals surface area contributed by atoms with Crippen LogP contribution in [0.15, 0.2) is 48.5 Å². The Bertz CT molecular complexity index is 954. The van der Waals surface area contributed by atoms with Gasteiger partial charge in [-0.25, -0.2) is 4.39 Å². The van der Waals surface area contributed by atoms with Crippen LogP contribution < -0.4 is 4.74 Å². The fourth-order valence-electron chi connectivity index (χ4n) is 4.41. The summed E-state index contributed by atoms with van der Waals surface area (Å²) in [4.78, 5) is 31.5. The molecule has 0 aliphatic carbocycles. The van der Waals surface area contributed by atoms with Gasteiger partial charge < -0.3 is 19.4 Å². The molecule has 1 fully saturated rings. The first-order valence-corrected chi connectivity index (χ1v) is 12.0. The molecule has 0 radical (unpaired) electrons. The molecule has 2 atom stereocenters. The highest BCUT2D eigenvalue weighted by Crippen LogP contribution is 2.23. The molecule has 0 spiro atoms. The highest BCUT2D eigenvalue weighted by Gasteiger charge is 2.29. The van der Waals surface area contributed by atoms with Crippen molar-refractivity contribution in [2.45, 2.75) is 51.7 Å². The van der Waals surface area contributed by atoms with Crippen molar-refractivity contribution in [1.29, 1.82) is 0 Å². The average Bonchev–Trinajstić information content (AvgIpc) is 2.81. The lowest BCUT2D eigenvalue weighted by Gasteiger charge is -2.38. The smallest absolute Gasteiger partial charge is 0.260 e. The van der Waals surface area contributed by atoms with Crippen molar-refractivity contribution >= 4 is 11.8 Å². The maximum absolute atomic E-state index is 14.2. The quantitative estimate of drug-likeness (QED) is 0.553. The zero-order valence-corrected chi connectivity index (χ0v) is 20.7. The molecule has 0 bridgehead atoms. The third-order valence-electron chi connectivity index (χ3n) is 6.37. The lowest BCUT2D eigenvalue weighted by atomic mass is 9.97. The van der Waals surface area contributed by atoms with Gasteiger partial charge in [0.05, 0.1) is 0 Å². The Morgan fingerprint density at radius 3 is 2.26 bits per heavy atom. The second kappa shape index (κ2) is 12.0. The first-order valence-electron chi connectivity index (χ1n) is 12.0. The van der Waals surface area contributed by atoms with Gasteiger partial charge in [-0.15, -0.1) is 0 Å². The number of halogens is 1. The largest absolute Gasteiger partial charge is 0.484 e. The second-order valence-corrected chi connectivity index (χ2v) is 9.36. The van der Waals surface area contributed by atoms with Crippen LogP contribution in [-0.4, -0.2) is 72.4 Å². The molecule has 34 heavy (non-hydrogen) atoms. The van der Waals surface area contributed by atoms with E-state index < -0.39 is 0 Å². The summed E-state index contributed by atoms with van der Waals surface area (Å²) in [5.41, 5.74) is 0.973. The van der Waals surface area contributed by atoms with Crippen molar-refractivity contribution < 1.29 is 18.7 Å². The van der Waals surface area contributed by atoms with Gasteiger partial charge in [-0.3, -0.25) is 9.59 Å². The van der Waals surface area contributed by atoms with E-state index in [2.05, 4.69) is 13.8 Å². The van der Waals surface area contributed by atoms with Crippen LogP contribution in [0.5, 0.6) is 5.75 Å². The molecular weight excluding hydrogens is 433 g/mol. The van der Waals surface area contributed by atoms with E-state index in [0.717, 1.165) is 19.3 Å². The minimum Gasteiger partial charge on any atom is -0.484 e. The van der Waals surface area contributed by atoms with Crippen molar-refractivity contribution in [3.63, 3.8) is 0 Å². The van der Waals surface area contributed by atoms with E-state index in [4.69, 9.17) is 4.74 Å². The normalized spacial score (nSPS) is 18.1. The lowest BCUT2D eigenvalue weighted by Crippen LogP contribution is -2.49. The number of benzene rings is 2. The molecule has 0 saturated carbocycles. The van der Waals surface area contributed by atoms with Crippen LogP contribution in [0.2, 0.25) is 0 Å². The Hall–Kier alpha value is -2.93. The Labute approximate surface area is 202 Å². The number of carbonyl (C=O) groups is 2. The van der Waals surface area contributed by atoms with Crippen molar-refractivity contribution in [3.8, 4) is 5.75 Å². The number of likely N-dealkylation sites (tertiary alicyclic amines) is 1. The number of hydrogen-bond donors (Lipinski definition) is 0. The number of likely N-dealkylation sites (N-methyl/N-ethyl adjacent to an activating group) is 1. The molecule has 184 valence electrons.